The summed E-state index contributed by atoms with van der Waals surface area (Å²) in [6.07, 6.45) is 0. The Labute approximate surface area is 105 Å². The van der Waals surface area contributed by atoms with Crippen LogP contribution in [0.25, 0.3) is 11.1 Å². The van der Waals surface area contributed by atoms with Crippen LogP contribution >= 0.6 is 11.6 Å². The number of hydrogen-bond acceptors (Lipinski definition) is 1. The van der Waals surface area contributed by atoms with Gasteiger partial charge in [0.15, 0.2) is 0 Å². The lowest BCUT2D eigenvalue weighted by molar-refractivity contribution is 0.619. The fourth-order valence-corrected chi connectivity index (χ4v) is 1.93. The van der Waals surface area contributed by atoms with Crippen LogP contribution in [0.15, 0.2) is 36.4 Å². The zero-order valence-corrected chi connectivity index (χ0v) is 10.3. The number of benzene rings is 2. The number of aryl methyl sites for hydroxylation is 1. The van der Waals surface area contributed by atoms with Crippen molar-refractivity contribution in [2.75, 3.05) is 0 Å². The minimum Gasteiger partial charge on any atom is -0.326 e. The fraction of sp³-hybridized carbons (Fsp3) is 0.143. The Morgan fingerprint density at radius 2 is 1.94 bits per heavy atom. The number of halogens is 2. The Hall–Kier alpha value is -1.38. The molecule has 0 aliphatic carbocycles. The molecule has 0 aromatic heterocycles. The molecule has 0 heterocycles. The van der Waals surface area contributed by atoms with E-state index in [0.717, 1.165) is 16.7 Å². The van der Waals surface area contributed by atoms with Crippen LogP contribution in [0.4, 0.5) is 4.39 Å². The summed E-state index contributed by atoms with van der Waals surface area (Å²) in [5.41, 5.74) is 8.94. The van der Waals surface area contributed by atoms with Gasteiger partial charge in [-0.1, -0.05) is 29.8 Å². The van der Waals surface area contributed by atoms with Crippen LogP contribution < -0.4 is 5.73 Å². The van der Waals surface area contributed by atoms with Gasteiger partial charge >= 0.3 is 0 Å². The van der Waals surface area contributed by atoms with E-state index in [9.17, 15) is 4.39 Å². The smallest absolute Gasteiger partial charge is 0.126 e. The monoisotopic (exact) mass is 249 g/mol. The Morgan fingerprint density at radius 3 is 2.59 bits per heavy atom. The van der Waals surface area contributed by atoms with Gasteiger partial charge in [-0.25, -0.2) is 4.39 Å². The molecule has 0 amide bonds. The number of hydrogen-bond donors (Lipinski definition) is 1. The van der Waals surface area contributed by atoms with Crippen molar-refractivity contribution in [3.63, 3.8) is 0 Å². The predicted molar refractivity (Wildman–Crippen MR) is 69.5 cm³/mol. The number of nitrogens with two attached hydrogens (primary N) is 1. The Balaban J connectivity index is 2.58. The molecule has 0 atom stereocenters. The van der Waals surface area contributed by atoms with E-state index in [2.05, 4.69) is 0 Å². The van der Waals surface area contributed by atoms with Crippen molar-refractivity contribution >= 4 is 11.6 Å². The summed E-state index contributed by atoms with van der Waals surface area (Å²) in [7, 11) is 0. The van der Waals surface area contributed by atoms with Crippen molar-refractivity contribution in [1.82, 2.24) is 0 Å². The molecule has 88 valence electrons. The third-order valence-corrected chi connectivity index (χ3v) is 3.01. The van der Waals surface area contributed by atoms with Gasteiger partial charge in [-0.05, 0) is 47.4 Å². The van der Waals surface area contributed by atoms with Crippen LogP contribution in [-0.4, -0.2) is 0 Å². The van der Waals surface area contributed by atoms with Crippen LogP contribution in [0.5, 0.6) is 0 Å². The van der Waals surface area contributed by atoms with Crippen molar-refractivity contribution in [1.29, 1.82) is 0 Å². The third kappa shape index (κ3) is 2.48. The molecule has 0 aliphatic rings. The van der Waals surface area contributed by atoms with Crippen molar-refractivity contribution in [2.45, 2.75) is 13.5 Å². The van der Waals surface area contributed by atoms with Crippen LogP contribution in [0, 0.1) is 12.7 Å². The molecule has 0 saturated heterocycles. The second-order valence-corrected chi connectivity index (χ2v) is 4.41. The van der Waals surface area contributed by atoms with Crippen LogP contribution in [0.3, 0.4) is 0 Å². The van der Waals surface area contributed by atoms with E-state index in [1.807, 2.05) is 18.2 Å². The van der Waals surface area contributed by atoms with Gasteiger partial charge in [0, 0.05) is 11.6 Å². The highest BCUT2D eigenvalue weighted by atomic mass is 35.5. The molecule has 0 spiro atoms. The molecule has 3 heteroatoms. The molecule has 2 aromatic rings. The average molecular weight is 250 g/mol. The lowest BCUT2D eigenvalue weighted by Gasteiger charge is -2.09. The number of rotatable bonds is 2. The minimum absolute atomic E-state index is 0.217. The lowest BCUT2D eigenvalue weighted by Crippen LogP contribution is -1.99. The normalized spacial score (nSPS) is 10.6. The molecule has 0 unspecified atom stereocenters. The highest BCUT2D eigenvalue weighted by Crippen LogP contribution is 2.28. The van der Waals surface area contributed by atoms with Gasteiger partial charge in [-0.15, -0.1) is 0 Å². The van der Waals surface area contributed by atoms with E-state index in [1.165, 1.54) is 6.07 Å². The maximum atomic E-state index is 13.5. The summed E-state index contributed by atoms with van der Waals surface area (Å²) in [6, 6.07) is 10.6. The zero-order chi connectivity index (χ0) is 12.4. The van der Waals surface area contributed by atoms with E-state index < -0.39 is 0 Å². The van der Waals surface area contributed by atoms with Gasteiger partial charge in [0.1, 0.15) is 5.82 Å². The second-order valence-electron chi connectivity index (χ2n) is 3.97. The van der Waals surface area contributed by atoms with Crippen molar-refractivity contribution in [2.24, 2.45) is 5.73 Å². The topological polar surface area (TPSA) is 26.0 Å². The SMILES string of the molecule is Cc1ccc(-c2cc(Cl)ccc2CN)cc1F. The van der Waals surface area contributed by atoms with E-state index in [0.29, 0.717) is 17.1 Å². The molecule has 17 heavy (non-hydrogen) atoms. The van der Waals surface area contributed by atoms with Gasteiger partial charge in [-0.3, -0.25) is 0 Å². The summed E-state index contributed by atoms with van der Waals surface area (Å²) < 4.78 is 13.5. The summed E-state index contributed by atoms with van der Waals surface area (Å²) >= 11 is 5.96. The Kier molecular flexibility index (Phi) is 3.46. The van der Waals surface area contributed by atoms with Crippen LogP contribution in [0.1, 0.15) is 11.1 Å². The first-order valence-electron chi connectivity index (χ1n) is 5.37. The van der Waals surface area contributed by atoms with Gasteiger partial charge in [0.05, 0.1) is 0 Å². The first-order valence-corrected chi connectivity index (χ1v) is 5.74. The molecule has 0 aliphatic heterocycles. The molecule has 0 fully saturated rings. The van der Waals surface area contributed by atoms with Crippen molar-refractivity contribution in [3.8, 4) is 11.1 Å². The van der Waals surface area contributed by atoms with Gasteiger partial charge in [-0.2, -0.15) is 0 Å². The quantitative estimate of drug-likeness (QED) is 0.858. The lowest BCUT2D eigenvalue weighted by atomic mass is 9.98. The van der Waals surface area contributed by atoms with E-state index >= 15 is 0 Å². The molecule has 0 radical (unpaired) electrons. The Bertz CT molecular complexity index is 552. The first kappa shape index (κ1) is 12.1. The molecule has 2 rings (SSSR count). The second kappa shape index (κ2) is 4.86. The predicted octanol–water partition coefficient (Wildman–Crippen LogP) is 3.91. The third-order valence-electron chi connectivity index (χ3n) is 2.77. The minimum atomic E-state index is -0.217. The van der Waals surface area contributed by atoms with E-state index in [4.69, 9.17) is 17.3 Å². The summed E-state index contributed by atoms with van der Waals surface area (Å²) in [5, 5.41) is 0.623. The summed E-state index contributed by atoms with van der Waals surface area (Å²) in [4.78, 5) is 0. The molecule has 2 aromatic carbocycles. The van der Waals surface area contributed by atoms with E-state index in [-0.39, 0.29) is 5.82 Å². The fourth-order valence-electron chi connectivity index (χ4n) is 1.76. The summed E-state index contributed by atoms with van der Waals surface area (Å²) in [6.45, 7) is 2.14. The zero-order valence-electron chi connectivity index (χ0n) is 9.50. The van der Waals surface area contributed by atoms with Crippen LogP contribution in [0.2, 0.25) is 5.02 Å². The molecular formula is C14H13ClFN. The first-order chi connectivity index (χ1) is 8.11. The average Bonchev–Trinajstić information content (AvgIpc) is 2.32. The van der Waals surface area contributed by atoms with Gasteiger partial charge in [0.25, 0.3) is 0 Å². The molecular weight excluding hydrogens is 237 g/mol. The molecule has 0 bridgehead atoms. The highest BCUT2D eigenvalue weighted by Gasteiger charge is 2.07. The maximum absolute atomic E-state index is 13.5. The van der Waals surface area contributed by atoms with E-state index in [1.54, 1.807) is 19.1 Å². The largest absolute Gasteiger partial charge is 0.326 e. The summed E-state index contributed by atoms with van der Waals surface area (Å²) in [5.74, 6) is -0.217. The van der Waals surface area contributed by atoms with Crippen LogP contribution in [-0.2, 0) is 6.54 Å². The van der Waals surface area contributed by atoms with Crippen molar-refractivity contribution in [3.05, 3.63) is 58.4 Å². The molecule has 0 saturated carbocycles. The Morgan fingerprint density at radius 1 is 1.18 bits per heavy atom. The van der Waals surface area contributed by atoms with Crippen molar-refractivity contribution < 1.29 is 4.39 Å². The highest BCUT2D eigenvalue weighted by molar-refractivity contribution is 6.30. The molecule has 2 N–H and O–H groups in total. The standard InChI is InChI=1S/C14H13ClFN/c1-9-2-3-10(6-14(9)16)13-7-12(15)5-4-11(13)8-17/h2-7H,8,17H2,1H3. The van der Waals surface area contributed by atoms with Gasteiger partial charge < -0.3 is 5.73 Å². The van der Waals surface area contributed by atoms with Gasteiger partial charge in [0.2, 0.25) is 0 Å². The maximum Gasteiger partial charge on any atom is 0.126 e. The molecule has 1 nitrogen and oxygen atoms in total.